The number of benzene rings is 3. The van der Waals surface area contributed by atoms with Gasteiger partial charge in [-0.1, -0.05) is 22.9 Å². The third-order valence-corrected chi connectivity index (χ3v) is 4.95. The largest absolute Gasteiger partial charge is 0.497 e. The summed E-state index contributed by atoms with van der Waals surface area (Å²) in [7, 11) is 1.55. The predicted octanol–water partition coefficient (Wildman–Crippen LogP) is 5.23. The summed E-state index contributed by atoms with van der Waals surface area (Å²) in [5.74, 6) is 0.745. The van der Waals surface area contributed by atoms with E-state index in [1.54, 1.807) is 73.8 Å². The predicted molar refractivity (Wildman–Crippen MR) is 129 cm³/mol. The summed E-state index contributed by atoms with van der Waals surface area (Å²) in [6.45, 7) is 2.64. The average Bonchev–Trinajstić information content (AvgIpc) is 2.84. The normalized spacial score (nSPS) is 10.6. The van der Waals surface area contributed by atoms with Crippen LogP contribution < -0.4 is 19.6 Å². The number of carbonyl (C=O) groups is 2. The minimum absolute atomic E-state index is 0.300. The maximum absolute atomic E-state index is 12.5. The molecule has 0 fully saturated rings. The van der Waals surface area contributed by atoms with E-state index in [0.29, 0.717) is 40.5 Å². The number of halogens is 1. The van der Waals surface area contributed by atoms with Crippen LogP contribution >= 0.6 is 15.9 Å². The van der Waals surface area contributed by atoms with Gasteiger partial charge in [0, 0.05) is 15.6 Å². The molecule has 0 aliphatic rings. The Morgan fingerprint density at radius 2 is 1.64 bits per heavy atom. The Balaban J connectivity index is 1.67. The van der Waals surface area contributed by atoms with Gasteiger partial charge in [0.05, 0.1) is 25.5 Å². The van der Waals surface area contributed by atoms with Crippen molar-refractivity contribution in [3.05, 3.63) is 87.9 Å². The zero-order valence-electron chi connectivity index (χ0n) is 18.2. The lowest BCUT2D eigenvalue weighted by atomic mass is 10.2. The fourth-order valence-corrected chi connectivity index (χ4v) is 3.13. The zero-order valence-corrected chi connectivity index (χ0v) is 19.8. The van der Waals surface area contributed by atoms with Crippen molar-refractivity contribution in [3.63, 3.8) is 0 Å². The standard InChI is InChI=1S/C25H23BrN2O5/c1-3-14-32-22-11-4-17(5-12-22)24(29)28-27-16-19-15-20(26)8-13-23(19)33-25(30)18-6-9-21(31-2)10-7-18/h4-13,15-16H,3,14H2,1-2H3,(H,28,29)/b27-16-. The molecule has 0 spiro atoms. The third kappa shape index (κ3) is 6.92. The molecule has 0 aliphatic carbocycles. The number of methoxy groups -OCH3 is 1. The fraction of sp³-hybridized carbons (Fsp3) is 0.160. The van der Waals surface area contributed by atoms with E-state index in [2.05, 4.69) is 26.5 Å². The molecule has 0 heterocycles. The Morgan fingerprint density at radius 3 is 2.30 bits per heavy atom. The lowest BCUT2D eigenvalue weighted by molar-refractivity contribution is 0.0734. The van der Waals surface area contributed by atoms with Crippen molar-refractivity contribution in [2.75, 3.05) is 13.7 Å². The van der Waals surface area contributed by atoms with Crippen molar-refractivity contribution in [2.24, 2.45) is 5.10 Å². The molecule has 0 radical (unpaired) electrons. The van der Waals surface area contributed by atoms with Crippen molar-refractivity contribution in [1.82, 2.24) is 5.43 Å². The van der Waals surface area contributed by atoms with E-state index in [-0.39, 0.29) is 5.91 Å². The molecule has 0 saturated carbocycles. The summed E-state index contributed by atoms with van der Waals surface area (Å²) in [5, 5.41) is 4.01. The van der Waals surface area contributed by atoms with Gasteiger partial charge in [0.2, 0.25) is 0 Å². The molecule has 0 aliphatic heterocycles. The summed E-state index contributed by atoms with van der Waals surface area (Å²) in [5.41, 5.74) is 3.80. The van der Waals surface area contributed by atoms with Gasteiger partial charge in [-0.2, -0.15) is 5.10 Å². The maximum Gasteiger partial charge on any atom is 0.343 e. The zero-order chi connectivity index (χ0) is 23.6. The lowest BCUT2D eigenvalue weighted by Crippen LogP contribution is -2.17. The number of hydrazone groups is 1. The molecule has 33 heavy (non-hydrogen) atoms. The highest BCUT2D eigenvalue weighted by Crippen LogP contribution is 2.23. The van der Waals surface area contributed by atoms with E-state index in [9.17, 15) is 9.59 Å². The van der Waals surface area contributed by atoms with Crippen LogP contribution in [0, 0.1) is 0 Å². The first kappa shape index (κ1) is 24.0. The number of amides is 1. The number of esters is 1. The van der Waals surface area contributed by atoms with Gasteiger partial charge in [-0.05, 0) is 73.2 Å². The minimum atomic E-state index is -0.524. The molecule has 8 heteroatoms. The molecule has 3 aromatic carbocycles. The molecule has 7 nitrogen and oxygen atoms in total. The Hall–Kier alpha value is -3.65. The number of carbonyl (C=O) groups excluding carboxylic acids is 2. The van der Waals surface area contributed by atoms with Crippen molar-refractivity contribution in [3.8, 4) is 17.2 Å². The Bertz CT molecular complexity index is 1130. The summed E-state index contributed by atoms with van der Waals surface area (Å²) < 4.78 is 16.9. The van der Waals surface area contributed by atoms with Gasteiger partial charge in [0.25, 0.3) is 5.91 Å². The van der Waals surface area contributed by atoms with Gasteiger partial charge in [-0.3, -0.25) is 4.79 Å². The second kappa shape index (κ2) is 11.8. The molecule has 170 valence electrons. The molecule has 1 N–H and O–H groups in total. The van der Waals surface area contributed by atoms with Crippen LogP contribution in [0.2, 0.25) is 0 Å². The minimum Gasteiger partial charge on any atom is -0.497 e. The number of hydrogen-bond donors (Lipinski definition) is 1. The van der Waals surface area contributed by atoms with Crippen LogP contribution in [0.15, 0.2) is 76.3 Å². The molecule has 1 amide bonds. The smallest absolute Gasteiger partial charge is 0.343 e. The molecule has 0 saturated heterocycles. The summed E-state index contributed by atoms with van der Waals surface area (Å²) in [6, 6.07) is 18.5. The number of nitrogens with zero attached hydrogens (tertiary/aromatic N) is 1. The van der Waals surface area contributed by atoms with E-state index < -0.39 is 5.97 Å². The second-order valence-corrected chi connectivity index (χ2v) is 7.79. The molecule has 0 aromatic heterocycles. The van der Waals surface area contributed by atoms with Crippen LogP contribution in [0.25, 0.3) is 0 Å². The first-order chi connectivity index (χ1) is 16.0. The highest BCUT2D eigenvalue weighted by Gasteiger charge is 2.12. The molecule has 3 aromatic rings. The third-order valence-electron chi connectivity index (χ3n) is 4.46. The van der Waals surface area contributed by atoms with E-state index in [1.807, 2.05) is 6.92 Å². The molecule has 0 atom stereocenters. The molecule has 3 rings (SSSR count). The van der Waals surface area contributed by atoms with Crippen LogP contribution in [-0.4, -0.2) is 31.8 Å². The number of hydrogen-bond acceptors (Lipinski definition) is 6. The fourth-order valence-electron chi connectivity index (χ4n) is 2.75. The number of nitrogens with one attached hydrogen (secondary N) is 1. The van der Waals surface area contributed by atoms with E-state index in [4.69, 9.17) is 14.2 Å². The quantitative estimate of drug-likeness (QED) is 0.184. The van der Waals surface area contributed by atoms with Gasteiger partial charge in [0.15, 0.2) is 0 Å². The van der Waals surface area contributed by atoms with E-state index >= 15 is 0 Å². The molecular formula is C25H23BrN2O5. The summed E-state index contributed by atoms with van der Waals surface area (Å²) >= 11 is 3.39. The first-order valence-electron chi connectivity index (χ1n) is 10.2. The first-order valence-corrected chi connectivity index (χ1v) is 11.0. The van der Waals surface area contributed by atoms with Crippen molar-refractivity contribution in [1.29, 1.82) is 0 Å². The van der Waals surface area contributed by atoms with Gasteiger partial charge in [-0.15, -0.1) is 0 Å². The summed E-state index contributed by atoms with van der Waals surface area (Å²) in [6.07, 6.45) is 2.32. The van der Waals surface area contributed by atoms with Gasteiger partial charge in [-0.25, -0.2) is 10.2 Å². The molecule has 0 unspecified atom stereocenters. The Labute approximate surface area is 200 Å². The van der Waals surface area contributed by atoms with Crippen LogP contribution in [-0.2, 0) is 0 Å². The second-order valence-electron chi connectivity index (χ2n) is 6.87. The van der Waals surface area contributed by atoms with Gasteiger partial charge in [0.1, 0.15) is 17.2 Å². The van der Waals surface area contributed by atoms with Gasteiger partial charge < -0.3 is 14.2 Å². The number of ether oxygens (including phenoxy) is 3. The summed E-state index contributed by atoms with van der Waals surface area (Å²) in [4.78, 5) is 24.9. The van der Waals surface area contributed by atoms with Gasteiger partial charge >= 0.3 is 5.97 Å². The number of rotatable bonds is 9. The van der Waals surface area contributed by atoms with Crippen molar-refractivity contribution in [2.45, 2.75) is 13.3 Å². The Morgan fingerprint density at radius 1 is 0.970 bits per heavy atom. The van der Waals surface area contributed by atoms with Crippen molar-refractivity contribution >= 4 is 34.0 Å². The van der Waals surface area contributed by atoms with Crippen LogP contribution in [0.3, 0.4) is 0 Å². The molecule has 0 bridgehead atoms. The highest BCUT2D eigenvalue weighted by molar-refractivity contribution is 9.10. The Kier molecular flexibility index (Phi) is 8.60. The molecular weight excluding hydrogens is 488 g/mol. The topological polar surface area (TPSA) is 86.2 Å². The highest BCUT2D eigenvalue weighted by atomic mass is 79.9. The van der Waals surface area contributed by atoms with E-state index in [1.165, 1.54) is 6.21 Å². The van der Waals surface area contributed by atoms with Crippen molar-refractivity contribution < 1.29 is 23.8 Å². The average molecular weight is 511 g/mol. The lowest BCUT2D eigenvalue weighted by Gasteiger charge is -2.09. The van der Waals surface area contributed by atoms with Crippen LogP contribution in [0.1, 0.15) is 39.6 Å². The van der Waals surface area contributed by atoms with Crippen LogP contribution in [0.4, 0.5) is 0 Å². The SMILES string of the molecule is CCCOc1ccc(C(=O)N/N=C\c2cc(Br)ccc2OC(=O)c2ccc(OC)cc2)cc1. The maximum atomic E-state index is 12.5. The monoisotopic (exact) mass is 510 g/mol. The van der Waals surface area contributed by atoms with E-state index in [0.717, 1.165) is 10.9 Å². The van der Waals surface area contributed by atoms with Crippen LogP contribution in [0.5, 0.6) is 17.2 Å².